The zero-order chi connectivity index (χ0) is 11.5. The van der Waals surface area contributed by atoms with Crippen molar-refractivity contribution in [1.82, 2.24) is 9.80 Å². The molecule has 0 aromatic heterocycles. The van der Waals surface area contributed by atoms with Crippen LogP contribution in [0.15, 0.2) is 0 Å². The van der Waals surface area contributed by atoms with Crippen molar-refractivity contribution < 1.29 is 0 Å². The molecule has 0 radical (unpaired) electrons. The molecule has 0 unspecified atom stereocenters. The van der Waals surface area contributed by atoms with Crippen LogP contribution in [0.1, 0.15) is 25.7 Å². The third-order valence-corrected chi connectivity index (χ3v) is 3.74. The first-order chi connectivity index (χ1) is 6.96. The molecule has 1 aliphatic carbocycles. The minimum Gasteiger partial charge on any atom is -0.393 e. The van der Waals surface area contributed by atoms with Gasteiger partial charge in [0.05, 0.1) is 4.99 Å². The molecule has 0 heterocycles. The van der Waals surface area contributed by atoms with Gasteiger partial charge >= 0.3 is 0 Å². The predicted molar refractivity (Wildman–Crippen MR) is 69.2 cm³/mol. The maximum Gasteiger partial charge on any atom is 0.0740 e. The monoisotopic (exact) mass is 229 g/mol. The van der Waals surface area contributed by atoms with E-state index in [2.05, 4.69) is 30.9 Å². The second-order valence-electron chi connectivity index (χ2n) is 4.93. The van der Waals surface area contributed by atoms with Gasteiger partial charge in [-0.25, -0.2) is 0 Å². The van der Waals surface area contributed by atoms with Gasteiger partial charge in [-0.1, -0.05) is 12.2 Å². The highest BCUT2D eigenvalue weighted by atomic mass is 32.1. The van der Waals surface area contributed by atoms with Crippen molar-refractivity contribution in [3.05, 3.63) is 0 Å². The van der Waals surface area contributed by atoms with E-state index in [1.165, 1.54) is 19.3 Å². The van der Waals surface area contributed by atoms with Crippen LogP contribution in [0.4, 0.5) is 0 Å². The maximum atomic E-state index is 5.51. The molecule has 2 N–H and O–H groups in total. The largest absolute Gasteiger partial charge is 0.393 e. The molecular weight excluding hydrogens is 206 g/mol. The molecule has 0 amide bonds. The van der Waals surface area contributed by atoms with E-state index in [0.717, 1.165) is 19.5 Å². The van der Waals surface area contributed by atoms with Gasteiger partial charge in [-0.05, 0) is 40.4 Å². The number of likely N-dealkylation sites (N-methyl/N-ethyl adjacent to an activating group) is 2. The molecule has 1 saturated carbocycles. The fourth-order valence-corrected chi connectivity index (χ4v) is 2.31. The molecule has 0 aliphatic heterocycles. The summed E-state index contributed by atoms with van der Waals surface area (Å²) >= 11 is 4.89. The van der Waals surface area contributed by atoms with Gasteiger partial charge in [0.15, 0.2) is 0 Å². The minimum atomic E-state index is 0.408. The highest BCUT2D eigenvalue weighted by Gasteiger charge is 2.39. The Morgan fingerprint density at radius 1 is 1.33 bits per heavy atom. The van der Waals surface area contributed by atoms with Crippen LogP contribution in [0, 0.1) is 0 Å². The Morgan fingerprint density at radius 2 is 1.93 bits per heavy atom. The maximum absolute atomic E-state index is 5.51. The third kappa shape index (κ3) is 3.40. The average Bonchev–Trinajstić information content (AvgIpc) is 2.07. The van der Waals surface area contributed by atoms with Crippen molar-refractivity contribution >= 4 is 17.2 Å². The molecule has 0 atom stereocenters. The lowest BCUT2D eigenvalue weighted by molar-refractivity contribution is 0.0286. The molecule has 1 rings (SSSR count). The number of nitrogens with two attached hydrogens (primary N) is 1. The molecule has 0 saturated heterocycles. The average molecular weight is 229 g/mol. The van der Waals surface area contributed by atoms with E-state index in [1.807, 2.05) is 0 Å². The Hall–Kier alpha value is -0.190. The number of nitrogens with zero attached hydrogens (tertiary/aromatic N) is 2. The van der Waals surface area contributed by atoms with Crippen LogP contribution in [0.5, 0.6) is 0 Å². The number of thiocarbonyl (C=S) groups is 1. The number of hydrogen-bond donors (Lipinski definition) is 1. The molecule has 88 valence electrons. The van der Waals surface area contributed by atoms with Crippen LogP contribution in [0.25, 0.3) is 0 Å². The van der Waals surface area contributed by atoms with Gasteiger partial charge in [0.25, 0.3) is 0 Å². The molecular formula is C11H23N3S. The second kappa shape index (κ2) is 5.23. The first kappa shape index (κ1) is 12.9. The van der Waals surface area contributed by atoms with E-state index < -0.39 is 0 Å². The van der Waals surface area contributed by atoms with Gasteiger partial charge in [-0.15, -0.1) is 0 Å². The Labute approximate surface area is 98.6 Å². The van der Waals surface area contributed by atoms with Crippen molar-refractivity contribution in [2.75, 3.05) is 34.2 Å². The van der Waals surface area contributed by atoms with Crippen LogP contribution < -0.4 is 5.73 Å². The van der Waals surface area contributed by atoms with Crippen molar-refractivity contribution in [2.24, 2.45) is 5.73 Å². The van der Waals surface area contributed by atoms with Crippen molar-refractivity contribution in [3.63, 3.8) is 0 Å². The van der Waals surface area contributed by atoms with E-state index in [4.69, 9.17) is 18.0 Å². The van der Waals surface area contributed by atoms with Gasteiger partial charge in [0.1, 0.15) is 0 Å². The first-order valence-corrected chi connectivity index (χ1v) is 6.01. The second-order valence-corrected chi connectivity index (χ2v) is 5.45. The lowest BCUT2D eigenvalue weighted by atomic mass is 9.75. The molecule has 1 aliphatic rings. The van der Waals surface area contributed by atoms with E-state index in [1.54, 1.807) is 0 Å². The summed E-state index contributed by atoms with van der Waals surface area (Å²) in [5.74, 6) is 0. The molecule has 3 nitrogen and oxygen atoms in total. The van der Waals surface area contributed by atoms with E-state index >= 15 is 0 Å². The Bertz CT molecular complexity index is 224. The highest BCUT2D eigenvalue weighted by molar-refractivity contribution is 7.80. The fourth-order valence-electron chi connectivity index (χ4n) is 2.21. The minimum absolute atomic E-state index is 0.408. The smallest absolute Gasteiger partial charge is 0.0740 e. The Balaban J connectivity index is 2.35. The summed E-state index contributed by atoms with van der Waals surface area (Å²) in [6, 6.07) is 0. The lowest BCUT2D eigenvalue weighted by Crippen LogP contribution is -2.56. The van der Waals surface area contributed by atoms with Crippen molar-refractivity contribution in [1.29, 1.82) is 0 Å². The summed E-state index contributed by atoms with van der Waals surface area (Å²) in [7, 11) is 6.52. The summed E-state index contributed by atoms with van der Waals surface area (Å²) in [6.45, 7) is 2.10. The molecule has 1 fully saturated rings. The summed E-state index contributed by atoms with van der Waals surface area (Å²) < 4.78 is 0. The molecule has 4 heteroatoms. The van der Waals surface area contributed by atoms with Crippen LogP contribution in [-0.4, -0.2) is 54.6 Å². The van der Waals surface area contributed by atoms with Gasteiger partial charge in [-0.3, -0.25) is 0 Å². The Kier molecular flexibility index (Phi) is 4.49. The SMILES string of the molecule is CN(CCC(N)=S)CC1(N(C)C)CCC1. The number of hydrogen-bond acceptors (Lipinski definition) is 3. The predicted octanol–water partition coefficient (Wildman–Crippen LogP) is 1.08. The number of rotatable bonds is 6. The van der Waals surface area contributed by atoms with E-state index in [-0.39, 0.29) is 0 Å². The summed E-state index contributed by atoms with van der Waals surface area (Å²) in [5, 5.41) is 0. The lowest BCUT2D eigenvalue weighted by Gasteiger charge is -2.49. The molecule has 0 spiro atoms. The Morgan fingerprint density at radius 3 is 2.27 bits per heavy atom. The first-order valence-electron chi connectivity index (χ1n) is 5.60. The third-order valence-electron chi connectivity index (χ3n) is 3.54. The summed E-state index contributed by atoms with van der Waals surface area (Å²) in [5.41, 5.74) is 5.91. The molecule has 0 aromatic rings. The molecule has 0 aromatic carbocycles. The molecule has 15 heavy (non-hydrogen) atoms. The summed E-state index contributed by atoms with van der Waals surface area (Å²) in [4.78, 5) is 5.33. The van der Waals surface area contributed by atoms with Crippen LogP contribution in [0.2, 0.25) is 0 Å². The summed E-state index contributed by atoms with van der Waals surface area (Å²) in [6.07, 6.45) is 4.82. The van der Waals surface area contributed by atoms with Crippen molar-refractivity contribution in [3.8, 4) is 0 Å². The highest BCUT2D eigenvalue weighted by Crippen LogP contribution is 2.36. The van der Waals surface area contributed by atoms with Gasteiger partial charge in [0.2, 0.25) is 0 Å². The zero-order valence-corrected chi connectivity index (χ0v) is 10.9. The van der Waals surface area contributed by atoms with E-state index in [0.29, 0.717) is 10.5 Å². The van der Waals surface area contributed by atoms with Crippen LogP contribution >= 0.6 is 12.2 Å². The van der Waals surface area contributed by atoms with Crippen molar-refractivity contribution in [2.45, 2.75) is 31.2 Å². The van der Waals surface area contributed by atoms with Crippen LogP contribution in [-0.2, 0) is 0 Å². The zero-order valence-electron chi connectivity index (χ0n) is 10.1. The van der Waals surface area contributed by atoms with Crippen LogP contribution in [0.3, 0.4) is 0 Å². The normalized spacial score (nSPS) is 19.3. The fraction of sp³-hybridized carbons (Fsp3) is 0.909. The van der Waals surface area contributed by atoms with Gasteiger partial charge in [-0.2, -0.15) is 0 Å². The van der Waals surface area contributed by atoms with Gasteiger partial charge in [0, 0.05) is 25.0 Å². The van der Waals surface area contributed by atoms with Gasteiger partial charge < -0.3 is 15.5 Å². The standard InChI is InChI=1S/C11H23N3S/c1-13(2)11(6-4-7-11)9-14(3)8-5-10(12)15/h4-9H2,1-3H3,(H2,12,15). The van der Waals surface area contributed by atoms with E-state index in [9.17, 15) is 0 Å². The quantitative estimate of drug-likeness (QED) is 0.691. The topological polar surface area (TPSA) is 32.5 Å². The molecule has 0 bridgehead atoms.